The van der Waals surface area contributed by atoms with Crippen molar-refractivity contribution < 1.29 is 9.53 Å². The number of carbonyl (C=O) groups excluding carboxylic acids is 1. The second-order valence-corrected chi connectivity index (χ2v) is 6.67. The lowest BCUT2D eigenvalue weighted by Crippen LogP contribution is -2.50. The van der Waals surface area contributed by atoms with Gasteiger partial charge in [-0.2, -0.15) is 0 Å². The summed E-state index contributed by atoms with van der Waals surface area (Å²) in [4.78, 5) is 14.7. The van der Waals surface area contributed by atoms with Crippen molar-refractivity contribution >= 4 is 5.91 Å². The van der Waals surface area contributed by atoms with Gasteiger partial charge < -0.3 is 20.7 Å². The summed E-state index contributed by atoms with van der Waals surface area (Å²) in [5.41, 5.74) is 5.40. The van der Waals surface area contributed by atoms with Gasteiger partial charge in [0.1, 0.15) is 0 Å². The molecule has 0 spiro atoms. The second kappa shape index (κ2) is 6.87. The minimum absolute atomic E-state index is 0.0368. The largest absolute Gasteiger partial charge is 0.379 e. The Bertz CT molecular complexity index is 329. The molecular weight excluding hydrogens is 254 g/mol. The number of nitrogens with one attached hydrogen (secondary N) is 1. The quantitative estimate of drug-likeness (QED) is 0.725. The first-order chi connectivity index (χ1) is 9.52. The van der Waals surface area contributed by atoms with Crippen LogP contribution in [0.5, 0.6) is 0 Å². The van der Waals surface area contributed by atoms with Gasteiger partial charge in [0.05, 0.1) is 18.6 Å². The van der Waals surface area contributed by atoms with Crippen LogP contribution in [0.25, 0.3) is 0 Å². The van der Waals surface area contributed by atoms with Gasteiger partial charge in [-0.3, -0.25) is 4.79 Å². The van der Waals surface area contributed by atoms with Crippen LogP contribution < -0.4 is 11.1 Å². The molecule has 0 aliphatic carbocycles. The summed E-state index contributed by atoms with van der Waals surface area (Å²) >= 11 is 0. The summed E-state index contributed by atoms with van der Waals surface area (Å²) < 4.78 is 5.31. The maximum absolute atomic E-state index is 12.2. The Balaban J connectivity index is 1.62. The van der Waals surface area contributed by atoms with Crippen LogP contribution >= 0.6 is 0 Å². The predicted molar refractivity (Wildman–Crippen MR) is 79.4 cm³/mol. The average molecular weight is 283 g/mol. The molecule has 0 radical (unpaired) electrons. The maximum atomic E-state index is 12.2. The Morgan fingerprint density at radius 3 is 2.75 bits per heavy atom. The number of ether oxygens (including phenoxy) is 1. The fourth-order valence-corrected chi connectivity index (χ4v) is 2.91. The molecule has 2 atom stereocenters. The first-order valence-electron chi connectivity index (χ1n) is 7.86. The van der Waals surface area contributed by atoms with E-state index in [9.17, 15) is 4.79 Å². The molecular formula is C15H29N3O2. The first kappa shape index (κ1) is 15.7. The van der Waals surface area contributed by atoms with Gasteiger partial charge in [0.15, 0.2) is 0 Å². The van der Waals surface area contributed by atoms with Crippen molar-refractivity contribution in [2.45, 2.75) is 39.2 Å². The number of amides is 1. The van der Waals surface area contributed by atoms with E-state index >= 15 is 0 Å². The molecule has 116 valence electrons. The molecule has 2 saturated heterocycles. The zero-order valence-electron chi connectivity index (χ0n) is 12.9. The molecule has 2 aliphatic rings. The molecule has 5 heteroatoms. The molecule has 0 saturated carbocycles. The molecule has 5 nitrogen and oxygen atoms in total. The Hall–Kier alpha value is -0.650. The van der Waals surface area contributed by atoms with Gasteiger partial charge >= 0.3 is 0 Å². The summed E-state index contributed by atoms with van der Waals surface area (Å²) in [6.07, 6.45) is 3.61. The van der Waals surface area contributed by atoms with Crippen LogP contribution in [0.3, 0.4) is 0 Å². The summed E-state index contributed by atoms with van der Waals surface area (Å²) in [6, 6.07) is -0.189. The molecule has 3 N–H and O–H groups in total. The second-order valence-electron chi connectivity index (χ2n) is 6.67. The Morgan fingerprint density at radius 2 is 2.15 bits per heavy atom. The number of likely N-dealkylation sites (tertiary alicyclic amines) is 1. The van der Waals surface area contributed by atoms with E-state index in [2.05, 4.69) is 17.1 Å². The smallest absolute Gasteiger partial charge is 0.229 e. The van der Waals surface area contributed by atoms with E-state index in [0.29, 0.717) is 13.2 Å². The monoisotopic (exact) mass is 283 g/mol. The number of rotatable bonds is 5. The molecule has 1 amide bonds. The van der Waals surface area contributed by atoms with Crippen LogP contribution in [0.15, 0.2) is 0 Å². The summed E-state index contributed by atoms with van der Waals surface area (Å²) in [5, 5.41) is 3.02. The molecule has 0 aromatic heterocycles. The zero-order valence-corrected chi connectivity index (χ0v) is 12.9. The topological polar surface area (TPSA) is 67.6 Å². The number of carbonyl (C=O) groups is 1. The Labute approximate surface area is 122 Å². The highest BCUT2D eigenvalue weighted by atomic mass is 16.5. The van der Waals surface area contributed by atoms with E-state index in [4.69, 9.17) is 10.5 Å². The van der Waals surface area contributed by atoms with Crippen LogP contribution in [0.2, 0.25) is 0 Å². The SMILES string of the molecule is CC1CCN(CCCNC(=O)C2(C)COCC2N)CC1. The summed E-state index contributed by atoms with van der Waals surface area (Å²) in [7, 11) is 0. The minimum atomic E-state index is -0.555. The summed E-state index contributed by atoms with van der Waals surface area (Å²) in [6.45, 7) is 9.34. The van der Waals surface area contributed by atoms with Crippen molar-refractivity contribution in [3.8, 4) is 0 Å². The first-order valence-corrected chi connectivity index (χ1v) is 7.86. The van der Waals surface area contributed by atoms with E-state index in [1.807, 2.05) is 6.92 Å². The van der Waals surface area contributed by atoms with E-state index < -0.39 is 5.41 Å². The van der Waals surface area contributed by atoms with Crippen LogP contribution in [-0.4, -0.2) is 56.2 Å². The molecule has 0 bridgehead atoms. The lowest BCUT2D eigenvalue weighted by Gasteiger charge is -2.30. The molecule has 2 fully saturated rings. The minimum Gasteiger partial charge on any atom is -0.379 e. The average Bonchev–Trinajstić information content (AvgIpc) is 2.78. The van der Waals surface area contributed by atoms with Gasteiger partial charge in [-0.25, -0.2) is 0 Å². The highest BCUT2D eigenvalue weighted by Crippen LogP contribution is 2.27. The molecule has 0 aromatic carbocycles. The number of nitrogens with zero attached hydrogens (tertiary/aromatic N) is 1. The van der Waals surface area contributed by atoms with Gasteiger partial charge in [-0.15, -0.1) is 0 Å². The Morgan fingerprint density at radius 1 is 1.45 bits per heavy atom. The van der Waals surface area contributed by atoms with Crippen LogP contribution in [0, 0.1) is 11.3 Å². The van der Waals surface area contributed by atoms with Crippen molar-refractivity contribution in [3.63, 3.8) is 0 Å². The fourth-order valence-electron chi connectivity index (χ4n) is 2.91. The number of piperidine rings is 1. The lowest BCUT2D eigenvalue weighted by atomic mass is 9.85. The van der Waals surface area contributed by atoms with E-state index in [1.54, 1.807) is 0 Å². The highest BCUT2D eigenvalue weighted by molar-refractivity contribution is 5.83. The predicted octanol–water partition coefficient (Wildman–Crippen LogP) is 0.588. The third kappa shape index (κ3) is 3.71. The zero-order chi connectivity index (χ0) is 14.6. The number of nitrogens with two attached hydrogens (primary N) is 1. The third-order valence-electron chi connectivity index (χ3n) is 4.85. The standard InChI is InChI=1S/C15H29N3O2/c1-12-4-8-18(9-5-12)7-3-6-17-14(19)15(2)11-20-10-13(15)16/h12-13H,3-11,16H2,1-2H3,(H,17,19). The normalized spacial score (nSPS) is 32.5. The van der Waals surface area contributed by atoms with Crippen molar-refractivity contribution in [3.05, 3.63) is 0 Å². The summed E-state index contributed by atoms with van der Waals surface area (Å²) in [5.74, 6) is 0.907. The molecule has 2 rings (SSSR count). The van der Waals surface area contributed by atoms with Gasteiger partial charge in [-0.05, 0) is 51.7 Å². The van der Waals surface area contributed by atoms with Gasteiger partial charge in [0.2, 0.25) is 5.91 Å². The van der Waals surface area contributed by atoms with Crippen molar-refractivity contribution in [2.24, 2.45) is 17.1 Å². The maximum Gasteiger partial charge on any atom is 0.229 e. The van der Waals surface area contributed by atoms with Crippen LogP contribution in [0.1, 0.15) is 33.1 Å². The molecule has 2 aliphatic heterocycles. The molecule has 2 heterocycles. The third-order valence-corrected chi connectivity index (χ3v) is 4.85. The van der Waals surface area contributed by atoms with Crippen LogP contribution in [0.4, 0.5) is 0 Å². The van der Waals surface area contributed by atoms with Crippen molar-refractivity contribution in [2.75, 3.05) is 39.4 Å². The Kier molecular flexibility index (Phi) is 5.41. The molecule has 2 unspecified atom stereocenters. The van der Waals surface area contributed by atoms with Gasteiger partial charge in [0.25, 0.3) is 0 Å². The van der Waals surface area contributed by atoms with Crippen molar-refractivity contribution in [1.29, 1.82) is 0 Å². The molecule has 0 aromatic rings. The van der Waals surface area contributed by atoms with Gasteiger partial charge in [-0.1, -0.05) is 6.92 Å². The van der Waals surface area contributed by atoms with Crippen molar-refractivity contribution in [1.82, 2.24) is 10.2 Å². The van der Waals surface area contributed by atoms with E-state index in [-0.39, 0.29) is 11.9 Å². The highest BCUT2D eigenvalue weighted by Gasteiger charge is 2.44. The number of hydrogen-bond donors (Lipinski definition) is 2. The van der Waals surface area contributed by atoms with Gasteiger partial charge in [0, 0.05) is 12.6 Å². The fraction of sp³-hybridized carbons (Fsp3) is 0.933. The number of hydrogen-bond acceptors (Lipinski definition) is 4. The van der Waals surface area contributed by atoms with E-state index in [0.717, 1.165) is 25.4 Å². The van der Waals surface area contributed by atoms with Crippen LogP contribution in [-0.2, 0) is 9.53 Å². The van der Waals surface area contributed by atoms with E-state index in [1.165, 1.54) is 25.9 Å². The lowest BCUT2D eigenvalue weighted by molar-refractivity contribution is -0.130. The molecule has 20 heavy (non-hydrogen) atoms.